The molecule has 0 spiro atoms. The van der Waals surface area contributed by atoms with E-state index in [9.17, 15) is 10.1 Å². The number of nitro benzene ring substituents is 1. The highest BCUT2D eigenvalue weighted by molar-refractivity contribution is 7.98. The summed E-state index contributed by atoms with van der Waals surface area (Å²) >= 11 is 1.74. The van der Waals surface area contributed by atoms with E-state index in [1.807, 2.05) is 19.2 Å². The minimum absolute atomic E-state index is 0.157. The van der Waals surface area contributed by atoms with Crippen LogP contribution in [0, 0.1) is 17.0 Å². The molecule has 5 heteroatoms. The van der Waals surface area contributed by atoms with Crippen LogP contribution in [0.25, 0.3) is 0 Å². The lowest BCUT2D eigenvalue weighted by atomic mass is 10.1. The molecule has 1 aromatic rings. The van der Waals surface area contributed by atoms with Gasteiger partial charge in [0.25, 0.3) is 5.69 Å². The smallest absolute Gasteiger partial charge is 0.292 e. The number of nitro groups is 1. The van der Waals surface area contributed by atoms with Crippen molar-refractivity contribution < 1.29 is 4.92 Å². The van der Waals surface area contributed by atoms with Gasteiger partial charge in [-0.25, -0.2) is 0 Å². The van der Waals surface area contributed by atoms with Gasteiger partial charge in [0, 0.05) is 17.9 Å². The third-order valence-electron chi connectivity index (χ3n) is 2.66. The van der Waals surface area contributed by atoms with Crippen molar-refractivity contribution in [3.63, 3.8) is 0 Å². The second-order valence-electron chi connectivity index (χ2n) is 3.93. The number of nitrogens with one attached hydrogen (secondary N) is 1. The van der Waals surface area contributed by atoms with E-state index in [1.165, 1.54) is 0 Å². The summed E-state index contributed by atoms with van der Waals surface area (Å²) in [4.78, 5) is 10.6. The van der Waals surface area contributed by atoms with Crippen molar-refractivity contribution >= 4 is 23.1 Å². The quantitative estimate of drug-likeness (QED) is 0.624. The molecule has 0 saturated heterocycles. The highest BCUT2D eigenvalue weighted by Crippen LogP contribution is 2.28. The summed E-state index contributed by atoms with van der Waals surface area (Å²) in [6, 6.07) is 5.42. The largest absolute Gasteiger partial charge is 0.376 e. The van der Waals surface area contributed by atoms with E-state index in [1.54, 1.807) is 23.9 Å². The molecule has 0 heterocycles. The lowest BCUT2D eigenvalue weighted by Crippen LogP contribution is -2.22. The molecule has 0 bridgehead atoms. The summed E-state index contributed by atoms with van der Waals surface area (Å²) in [5, 5.41) is 14.2. The van der Waals surface area contributed by atoms with Crippen LogP contribution < -0.4 is 5.32 Å². The Labute approximate surface area is 106 Å². The average molecular weight is 254 g/mol. The van der Waals surface area contributed by atoms with E-state index in [0.29, 0.717) is 5.69 Å². The molecule has 1 N–H and O–H groups in total. The summed E-state index contributed by atoms with van der Waals surface area (Å²) in [5.74, 6) is 0.946. The van der Waals surface area contributed by atoms with E-state index in [2.05, 4.69) is 12.2 Å². The molecule has 4 nitrogen and oxygen atoms in total. The number of rotatable bonds is 6. The Balaban J connectivity index is 2.99. The molecular formula is C12H18N2O2S. The molecule has 0 saturated carbocycles. The summed E-state index contributed by atoms with van der Waals surface area (Å²) in [6.07, 6.45) is 2.99. The number of anilines is 1. The molecule has 0 amide bonds. The number of para-hydroxylation sites is 1. The van der Waals surface area contributed by atoms with Gasteiger partial charge in [0.15, 0.2) is 0 Å². The summed E-state index contributed by atoms with van der Waals surface area (Å²) in [5.41, 5.74) is 1.72. The fourth-order valence-electron chi connectivity index (χ4n) is 1.66. The van der Waals surface area contributed by atoms with Crippen molar-refractivity contribution in [2.45, 2.75) is 26.3 Å². The maximum Gasteiger partial charge on any atom is 0.292 e. The van der Waals surface area contributed by atoms with Gasteiger partial charge in [-0.3, -0.25) is 10.1 Å². The number of aryl methyl sites for hydroxylation is 1. The van der Waals surface area contributed by atoms with Crippen LogP contribution in [0.5, 0.6) is 0 Å². The zero-order valence-corrected chi connectivity index (χ0v) is 11.2. The fraction of sp³-hybridized carbons (Fsp3) is 0.500. The predicted octanol–water partition coefficient (Wildman–Crippen LogP) is 3.46. The standard InChI is InChI=1S/C12H18N2O2S/c1-4-10(8-17-3)13-12-9(2)6-5-7-11(12)14(15)16/h5-7,10,13H,4,8H2,1-3H3. The first kappa shape index (κ1) is 13.8. The Morgan fingerprint density at radius 1 is 1.53 bits per heavy atom. The molecule has 94 valence electrons. The maximum atomic E-state index is 11.0. The second kappa shape index (κ2) is 6.49. The van der Waals surface area contributed by atoms with Crippen molar-refractivity contribution in [2.75, 3.05) is 17.3 Å². The summed E-state index contributed by atoms with van der Waals surface area (Å²) < 4.78 is 0. The van der Waals surface area contributed by atoms with Crippen molar-refractivity contribution in [1.29, 1.82) is 0 Å². The molecule has 0 aliphatic carbocycles. The molecule has 1 rings (SSSR count). The second-order valence-corrected chi connectivity index (χ2v) is 4.84. The first-order chi connectivity index (χ1) is 8.10. The van der Waals surface area contributed by atoms with E-state index < -0.39 is 0 Å². The third kappa shape index (κ3) is 3.63. The van der Waals surface area contributed by atoms with Gasteiger partial charge in [-0.2, -0.15) is 11.8 Å². The van der Waals surface area contributed by atoms with Crippen LogP contribution in [0.1, 0.15) is 18.9 Å². The van der Waals surface area contributed by atoms with Crippen molar-refractivity contribution in [3.05, 3.63) is 33.9 Å². The van der Waals surface area contributed by atoms with Crippen LogP contribution in [0.2, 0.25) is 0 Å². The van der Waals surface area contributed by atoms with Crippen LogP contribution in [-0.4, -0.2) is 23.0 Å². The summed E-state index contributed by atoms with van der Waals surface area (Å²) in [7, 11) is 0. The van der Waals surface area contributed by atoms with Crippen molar-refractivity contribution in [1.82, 2.24) is 0 Å². The van der Waals surface area contributed by atoms with Crippen molar-refractivity contribution in [2.24, 2.45) is 0 Å². The Bertz CT molecular complexity index is 396. The first-order valence-corrected chi connectivity index (χ1v) is 6.99. The number of hydrogen-bond donors (Lipinski definition) is 1. The molecule has 0 fully saturated rings. The monoisotopic (exact) mass is 254 g/mol. The van der Waals surface area contributed by atoms with Crippen LogP contribution in [0.15, 0.2) is 18.2 Å². The van der Waals surface area contributed by atoms with Gasteiger partial charge in [0.05, 0.1) is 4.92 Å². The van der Waals surface area contributed by atoms with E-state index in [0.717, 1.165) is 17.7 Å². The molecule has 1 aromatic carbocycles. The predicted molar refractivity (Wildman–Crippen MR) is 73.9 cm³/mol. The minimum atomic E-state index is -0.332. The highest BCUT2D eigenvalue weighted by atomic mass is 32.2. The minimum Gasteiger partial charge on any atom is -0.376 e. The first-order valence-electron chi connectivity index (χ1n) is 5.59. The van der Waals surface area contributed by atoms with Crippen LogP contribution in [0.4, 0.5) is 11.4 Å². The van der Waals surface area contributed by atoms with Crippen molar-refractivity contribution in [3.8, 4) is 0 Å². The Hall–Kier alpha value is -1.23. The lowest BCUT2D eigenvalue weighted by molar-refractivity contribution is -0.384. The number of thioether (sulfide) groups is 1. The van der Waals surface area contributed by atoms with Crippen LogP contribution in [0.3, 0.4) is 0 Å². The van der Waals surface area contributed by atoms with E-state index in [4.69, 9.17) is 0 Å². The Morgan fingerprint density at radius 2 is 2.24 bits per heavy atom. The van der Waals surface area contributed by atoms with E-state index in [-0.39, 0.29) is 16.7 Å². The van der Waals surface area contributed by atoms with Crippen LogP contribution in [-0.2, 0) is 0 Å². The van der Waals surface area contributed by atoms with Gasteiger partial charge in [0.2, 0.25) is 0 Å². The molecule has 0 aliphatic heterocycles. The number of hydrogen-bond acceptors (Lipinski definition) is 4. The van der Waals surface area contributed by atoms with Gasteiger partial charge in [-0.05, 0) is 25.2 Å². The third-order valence-corrected chi connectivity index (χ3v) is 3.39. The normalized spacial score (nSPS) is 12.2. The SMILES string of the molecule is CCC(CSC)Nc1c(C)cccc1[N+](=O)[O-]. The molecule has 1 unspecified atom stereocenters. The lowest BCUT2D eigenvalue weighted by Gasteiger charge is -2.18. The number of nitrogens with zero attached hydrogens (tertiary/aromatic N) is 1. The zero-order valence-electron chi connectivity index (χ0n) is 10.4. The van der Waals surface area contributed by atoms with Gasteiger partial charge >= 0.3 is 0 Å². The van der Waals surface area contributed by atoms with Gasteiger partial charge in [0.1, 0.15) is 5.69 Å². The van der Waals surface area contributed by atoms with Crippen LogP contribution >= 0.6 is 11.8 Å². The molecule has 17 heavy (non-hydrogen) atoms. The molecule has 0 radical (unpaired) electrons. The molecule has 1 atom stereocenters. The highest BCUT2D eigenvalue weighted by Gasteiger charge is 2.17. The maximum absolute atomic E-state index is 11.0. The topological polar surface area (TPSA) is 55.2 Å². The molecule has 0 aliphatic rings. The average Bonchev–Trinajstić information content (AvgIpc) is 2.30. The van der Waals surface area contributed by atoms with E-state index >= 15 is 0 Å². The van der Waals surface area contributed by atoms with Gasteiger partial charge in [-0.1, -0.05) is 19.1 Å². The zero-order chi connectivity index (χ0) is 12.8. The number of benzene rings is 1. The summed E-state index contributed by atoms with van der Waals surface area (Å²) in [6.45, 7) is 3.97. The Kier molecular flexibility index (Phi) is 5.28. The van der Waals surface area contributed by atoms with Gasteiger partial charge in [-0.15, -0.1) is 0 Å². The van der Waals surface area contributed by atoms with Gasteiger partial charge < -0.3 is 5.32 Å². The Morgan fingerprint density at radius 3 is 2.76 bits per heavy atom. The molecular weight excluding hydrogens is 236 g/mol. The fourth-order valence-corrected chi connectivity index (χ4v) is 2.38. The molecule has 0 aromatic heterocycles.